The molecule has 1 unspecified atom stereocenters. The van der Waals surface area contributed by atoms with E-state index in [-0.39, 0.29) is 30.0 Å². The minimum Gasteiger partial charge on any atom is -0.356 e. The van der Waals surface area contributed by atoms with Gasteiger partial charge in [0.15, 0.2) is 15.8 Å². The van der Waals surface area contributed by atoms with Gasteiger partial charge in [-0.1, -0.05) is 18.2 Å². The van der Waals surface area contributed by atoms with Gasteiger partial charge in [0, 0.05) is 31.3 Å². The second-order valence-corrected chi connectivity index (χ2v) is 9.54. The van der Waals surface area contributed by atoms with Gasteiger partial charge in [0.05, 0.1) is 10.9 Å². The molecular formula is C19H29IN4O2S2. The SMILES string of the molecule is CN=C(NCCc1ccc(S(C)(=O)=O)cc1)NCC(c1cccs1)N(C)C.I. The van der Waals surface area contributed by atoms with Crippen LogP contribution in [-0.4, -0.2) is 59.8 Å². The van der Waals surface area contributed by atoms with Crippen LogP contribution in [-0.2, 0) is 16.3 Å². The predicted molar refractivity (Wildman–Crippen MR) is 129 cm³/mol. The van der Waals surface area contributed by atoms with Crippen molar-refractivity contribution in [1.29, 1.82) is 0 Å². The van der Waals surface area contributed by atoms with Crippen LogP contribution in [0.3, 0.4) is 0 Å². The number of sulfone groups is 1. The van der Waals surface area contributed by atoms with Crippen LogP contribution in [0.15, 0.2) is 51.7 Å². The van der Waals surface area contributed by atoms with Gasteiger partial charge in [-0.15, -0.1) is 35.3 Å². The Bertz CT molecular complexity index is 835. The molecule has 2 aromatic rings. The fourth-order valence-corrected chi connectivity index (χ4v) is 4.21. The Morgan fingerprint density at radius 2 is 1.86 bits per heavy atom. The molecule has 0 amide bonds. The molecule has 0 spiro atoms. The summed E-state index contributed by atoms with van der Waals surface area (Å²) >= 11 is 1.75. The molecule has 1 atom stereocenters. The third kappa shape index (κ3) is 7.69. The third-order valence-corrected chi connectivity index (χ3v) is 6.34. The molecule has 0 saturated heterocycles. The summed E-state index contributed by atoms with van der Waals surface area (Å²) in [5.41, 5.74) is 1.08. The highest BCUT2D eigenvalue weighted by atomic mass is 127. The molecule has 0 aliphatic rings. The molecule has 0 bridgehead atoms. The van der Waals surface area contributed by atoms with Crippen molar-refractivity contribution >= 4 is 51.1 Å². The van der Waals surface area contributed by atoms with Crippen LogP contribution >= 0.6 is 35.3 Å². The van der Waals surface area contributed by atoms with Crippen LogP contribution in [0.25, 0.3) is 0 Å². The summed E-state index contributed by atoms with van der Waals surface area (Å²) in [4.78, 5) is 8.13. The first-order chi connectivity index (χ1) is 12.8. The number of likely N-dealkylation sites (N-methyl/N-ethyl adjacent to an activating group) is 1. The van der Waals surface area contributed by atoms with Crippen molar-refractivity contribution in [2.24, 2.45) is 4.99 Å². The lowest BCUT2D eigenvalue weighted by Crippen LogP contribution is -2.42. The van der Waals surface area contributed by atoms with Gasteiger partial charge in [-0.2, -0.15) is 0 Å². The van der Waals surface area contributed by atoms with Gasteiger partial charge in [0.25, 0.3) is 0 Å². The van der Waals surface area contributed by atoms with E-state index in [0.717, 1.165) is 24.5 Å². The number of benzene rings is 1. The quantitative estimate of drug-likeness (QED) is 0.309. The van der Waals surface area contributed by atoms with E-state index >= 15 is 0 Å². The Kier molecular flexibility index (Phi) is 10.4. The third-order valence-electron chi connectivity index (χ3n) is 4.24. The van der Waals surface area contributed by atoms with Crippen molar-refractivity contribution in [3.05, 3.63) is 52.2 Å². The van der Waals surface area contributed by atoms with Crippen molar-refractivity contribution in [3.8, 4) is 0 Å². The van der Waals surface area contributed by atoms with E-state index in [1.807, 2.05) is 12.1 Å². The van der Waals surface area contributed by atoms with Crippen molar-refractivity contribution in [3.63, 3.8) is 0 Å². The number of halogens is 1. The molecule has 0 radical (unpaired) electrons. The standard InChI is InChI=1S/C19H28N4O2S2.HI/c1-20-19(22-14-17(23(2)3)18-6-5-13-26-18)21-12-11-15-7-9-16(10-8-15)27(4,24)25;/h5-10,13,17H,11-12,14H2,1-4H3,(H2,20,21,22);1H. The number of thiophene rings is 1. The fraction of sp³-hybridized carbons (Fsp3) is 0.421. The molecule has 0 saturated carbocycles. The zero-order valence-corrected chi connectivity index (χ0v) is 20.6. The summed E-state index contributed by atoms with van der Waals surface area (Å²) in [6, 6.07) is 11.5. The van der Waals surface area contributed by atoms with Crippen molar-refractivity contribution in [2.45, 2.75) is 17.4 Å². The van der Waals surface area contributed by atoms with Crippen molar-refractivity contribution in [1.82, 2.24) is 15.5 Å². The zero-order chi connectivity index (χ0) is 19.9. The van der Waals surface area contributed by atoms with Crippen LogP contribution in [0.5, 0.6) is 0 Å². The van der Waals surface area contributed by atoms with E-state index in [1.165, 1.54) is 11.1 Å². The van der Waals surface area contributed by atoms with Gasteiger partial charge in [-0.05, 0) is 49.7 Å². The van der Waals surface area contributed by atoms with Crippen LogP contribution in [0, 0.1) is 0 Å². The monoisotopic (exact) mass is 536 g/mol. The number of hydrogen-bond acceptors (Lipinski definition) is 5. The smallest absolute Gasteiger partial charge is 0.191 e. The lowest BCUT2D eigenvalue weighted by atomic mass is 10.1. The highest BCUT2D eigenvalue weighted by Crippen LogP contribution is 2.22. The molecule has 28 heavy (non-hydrogen) atoms. The van der Waals surface area contributed by atoms with Crippen molar-refractivity contribution in [2.75, 3.05) is 40.5 Å². The Labute approximate surface area is 189 Å². The maximum atomic E-state index is 11.5. The number of hydrogen-bond donors (Lipinski definition) is 2. The van der Waals surface area contributed by atoms with Gasteiger partial charge in [0.2, 0.25) is 0 Å². The Morgan fingerprint density at radius 1 is 1.18 bits per heavy atom. The predicted octanol–water partition coefficient (Wildman–Crippen LogP) is 2.78. The Balaban J connectivity index is 0.00000392. The second-order valence-electron chi connectivity index (χ2n) is 6.54. The topological polar surface area (TPSA) is 73.8 Å². The van der Waals surface area contributed by atoms with E-state index in [1.54, 1.807) is 30.5 Å². The van der Waals surface area contributed by atoms with Crippen LogP contribution < -0.4 is 10.6 Å². The molecule has 9 heteroatoms. The number of guanidine groups is 1. The molecular weight excluding hydrogens is 507 g/mol. The van der Waals surface area contributed by atoms with Crippen molar-refractivity contribution < 1.29 is 8.42 Å². The lowest BCUT2D eigenvalue weighted by Gasteiger charge is -2.24. The number of rotatable bonds is 8. The van der Waals surface area contributed by atoms with Gasteiger partial charge in [0.1, 0.15) is 0 Å². The van der Waals surface area contributed by atoms with E-state index in [0.29, 0.717) is 11.4 Å². The molecule has 0 fully saturated rings. The molecule has 2 rings (SSSR count). The number of nitrogens with zero attached hydrogens (tertiary/aromatic N) is 2. The molecule has 2 N–H and O–H groups in total. The fourth-order valence-electron chi connectivity index (χ4n) is 2.66. The summed E-state index contributed by atoms with van der Waals surface area (Å²) in [5.74, 6) is 0.756. The normalized spacial score (nSPS) is 13.1. The molecule has 1 heterocycles. The van der Waals surface area contributed by atoms with E-state index in [4.69, 9.17) is 0 Å². The Hall–Kier alpha value is -1.17. The highest BCUT2D eigenvalue weighted by molar-refractivity contribution is 14.0. The van der Waals surface area contributed by atoms with Crippen LogP contribution in [0.1, 0.15) is 16.5 Å². The second kappa shape index (κ2) is 11.7. The molecule has 1 aromatic heterocycles. The van der Waals surface area contributed by atoms with Gasteiger partial charge in [-0.25, -0.2) is 8.42 Å². The van der Waals surface area contributed by atoms with Crippen LogP contribution in [0.4, 0.5) is 0 Å². The summed E-state index contributed by atoms with van der Waals surface area (Å²) in [6.07, 6.45) is 2.00. The van der Waals surface area contributed by atoms with Gasteiger partial charge >= 0.3 is 0 Å². The molecule has 1 aromatic carbocycles. The minimum atomic E-state index is -3.15. The molecule has 156 valence electrons. The van der Waals surface area contributed by atoms with E-state index in [9.17, 15) is 8.42 Å². The summed E-state index contributed by atoms with van der Waals surface area (Å²) in [6.45, 7) is 1.47. The average Bonchev–Trinajstić information content (AvgIpc) is 3.14. The minimum absolute atomic E-state index is 0. The van der Waals surface area contributed by atoms with E-state index < -0.39 is 9.84 Å². The van der Waals surface area contributed by atoms with E-state index in [2.05, 4.69) is 52.1 Å². The zero-order valence-electron chi connectivity index (χ0n) is 16.7. The first kappa shape index (κ1) is 24.9. The average molecular weight is 537 g/mol. The number of aliphatic imine (C=N–C) groups is 1. The number of nitrogens with one attached hydrogen (secondary N) is 2. The maximum Gasteiger partial charge on any atom is 0.191 e. The molecule has 0 aliphatic carbocycles. The molecule has 6 nitrogen and oxygen atoms in total. The summed E-state index contributed by atoms with van der Waals surface area (Å²) < 4.78 is 23.0. The Morgan fingerprint density at radius 3 is 2.36 bits per heavy atom. The van der Waals surface area contributed by atoms with Gasteiger partial charge < -0.3 is 15.5 Å². The highest BCUT2D eigenvalue weighted by Gasteiger charge is 2.15. The maximum absolute atomic E-state index is 11.5. The summed E-state index contributed by atoms with van der Waals surface area (Å²) in [5, 5.41) is 8.78. The largest absolute Gasteiger partial charge is 0.356 e. The van der Waals surface area contributed by atoms with Gasteiger partial charge in [-0.3, -0.25) is 4.99 Å². The molecule has 0 aliphatic heterocycles. The first-order valence-corrected chi connectivity index (χ1v) is 11.5. The summed E-state index contributed by atoms with van der Waals surface area (Å²) in [7, 11) is 2.75. The van der Waals surface area contributed by atoms with Crippen LogP contribution in [0.2, 0.25) is 0 Å². The first-order valence-electron chi connectivity index (χ1n) is 8.74. The lowest BCUT2D eigenvalue weighted by molar-refractivity contribution is 0.302.